The molecule has 1 saturated heterocycles. The fourth-order valence-corrected chi connectivity index (χ4v) is 3.90. The Hall–Kier alpha value is -2.54. The van der Waals surface area contributed by atoms with Crippen LogP contribution < -0.4 is 0 Å². The molecule has 2 aliphatic rings. The second-order valence-electron chi connectivity index (χ2n) is 7.44. The molecule has 7 heteroatoms. The molecule has 1 aromatic carbocycles. The van der Waals surface area contributed by atoms with Crippen LogP contribution in [0.3, 0.4) is 0 Å². The predicted molar refractivity (Wildman–Crippen MR) is 97.1 cm³/mol. The summed E-state index contributed by atoms with van der Waals surface area (Å²) in [6, 6.07) is 10.3. The van der Waals surface area contributed by atoms with E-state index in [4.69, 9.17) is 0 Å². The lowest BCUT2D eigenvalue weighted by Gasteiger charge is -2.15. The summed E-state index contributed by atoms with van der Waals surface area (Å²) in [6.07, 6.45) is 3.58. The SMILES string of the molecule is Cc1nc(C2CCN(Cc3nnn(-c4ccccc4)c3C3CC3)C2)n[nH]1. The molecule has 26 heavy (non-hydrogen) atoms. The number of benzene rings is 1. The van der Waals surface area contributed by atoms with Crippen LogP contribution in [0.1, 0.15) is 54.1 Å². The first-order valence-electron chi connectivity index (χ1n) is 9.39. The molecule has 1 aliphatic heterocycles. The number of rotatable bonds is 5. The van der Waals surface area contributed by atoms with Crippen molar-refractivity contribution in [3.05, 3.63) is 53.4 Å². The van der Waals surface area contributed by atoms with Gasteiger partial charge in [0.1, 0.15) is 11.5 Å². The Kier molecular flexibility index (Phi) is 3.81. The smallest absolute Gasteiger partial charge is 0.155 e. The van der Waals surface area contributed by atoms with Gasteiger partial charge in [-0.1, -0.05) is 23.4 Å². The van der Waals surface area contributed by atoms with Gasteiger partial charge >= 0.3 is 0 Å². The van der Waals surface area contributed by atoms with Crippen LogP contribution in [0.5, 0.6) is 0 Å². The summed E-state index contributed by atoms with van der Waals surface area (Å²) in [5.74, 6) is 2.85. The highest BCUT2D eigenvalue weighted by Gasteiger charge is 2.34. The Balaban J connectivity index is 1.36. The van der Waals surface area contributed by atoms with Crippen molar-refractivity contribution in [1.29, 1.82) is 0 Å². The zero-order valence-electron chi connectivity index (χ0n) is 15.0. The second kappa shape index (κ2) is 6.32. The van der Waals surface area contributed by atoms with Crippen LogP contribution in [0.2, 0.25) is 0 Å². The lowest BCUT2D eigenvalue weighted by molar-refractivity contribution is 0.320. The van der Waals surface area contributed by atoms with Crippen molar-refractivity contribution < 1.29 is 0 Å². The van der Waals surface area contributed by atoms with Crippen molar-refractivity contribution in [3.63, 3.8) is 0 Å². The molecule has 2 aromatic heterocycles. The van der Waals surface area contributed by atoms with E-state index in [0.29, 0.717) is 11.8 Å². The molecule has 134 valence electrons. The zero-order chi connectivity index (χ0) is 17.5. The van der Waals surface area contributed by atoms with Crippen molar-refractivity contribution in [2.45, 2.75) is 44.6 Å². The third-order valence-electron chi connectivity index (χ3n) is 5.37. The number of aryl methyl sites for hydroxylation is 1. The maximum atomic E-state index is 4.55. The monoisotopic (exact) mass is 349 g/mol. The highest BCUT2D eigenvalue weighted by molar-refractivity contribution is 5.35. The van der Waals surface area contributed by atoms with E-state index >= 15 is 0 Å². The lowest BCUT2D eigenvalue weighted by Crippen LogP contribution is -2.21. The number of likely N-dealkylation sites (tertiary alicyclic amines) is 1. The van der Waals surface area contributed by atoms with Gasteiger partial charge in [0.05, 0.1) is 11.4 Å². The van der Waals surface area contributed by atoms with Gasteiger partial charge in [-0.05, 0) is 44.9 Å². The Morgan fingerprint density at radius 1 is 1.12 bits per heavy atom. The molecule has 7 nitrogen and oxygen atoms in total. The van der Waals surface area contributed by atoms with Gasteiger partial charge < -0.3 is 0 Å². The molecule has 3 heterocycles. The van der Waals surface area contributed by atoms with Gasteiger partial charge in [0.2, 0.25) is 0 Å². The minimum atomic E-state index is 0.411. The van der Waals surface area contributed by atoms with Crippen molar-refractivity contribution in [1.82, 2.24) is 35.1 Å². The summed E-state index contributed by atoms with van der Waals surface area (Å²) in [5, 5.41) is 16.3. The van der Waals surface area contributed by atoms with E-state index in [2.05, 4.69) is 54.7 Å². The van der Waals surface area contributed by atoms with Crippen molar-refractivity contribution in [2.75, 3.05) is 13.1 Å². The zero-order valence-corrected chi connectivity index (χ0v) is 15.0. The number of aromatic nitrogens is 6. The third kappa shape index (κ3) is 2.92. The van der Waals surface area contributed by atoms with Crippen LogP contribution in [0.15, 0.2) is 30.3 Å². The molecule has 5 rings (SSSR count). The van der Waals surface area contributed by atoms with Crippen molar-refractivity contribution >= 4 is 0 Å². The van der Waals surface area contributed by atoms with Gasteiger partial charge in [-0.25, -0.2) is 9.67 Å². The predicted octanol–water partition coefficient (Wildman–Crippen LogP) is 2.56. The third-order valence-corrected chi connectivity index (χ3v) is 5.37. The summed E-state index contributed by atoms with van der Waals surface area (Å²) in [4.78, 5) is 6.97. The number of hydrogen-bond acceptors (Lipinski definition) is 5. The van der Waals surface area contributed by atoms with Crippen LogP contribution in [-0.4, -0.2) is 48.2 Å². The van der Waals surface area contributed by atoms with Crippen LogP contribution in [-0.2, 0) is 6.54 Å². The Bertz CT molecular complexity index is 894. The molecule has 3 aromatic rings. The number of para-hydroxylation sites is 1. The van der Waals surface area contributed by atoms with Gasteiger partial charge in [-0.3, -0.25) is 10.00 Å². The summed E-state index contributed by atoms with van der Waals surface area (Å²) in [6.45, 7) is 4.85. The molecule has 0 bridgehead atoms. The molecule has 1 atom stereocenters. The van der Waals surface area contributed by atoms with Crippen LogP contribution in [0.25, 0.3) is 5.69 Å². The van der Waals surface area contributed by atoms with Gasteiger partial charge in [-0.15, -0.1) is 5.10 Å². The van der Waals surface area contributed by atoms with E-state index in [-0.39, 0.29) is 0 Å². The van der Waals surface area contributed by atoms with E-state index in [1.54, 1.807) is 0 Å². The average Bonchev–Trinajstić information content (AvgIpc) is 3.06. The molecule has 0 radical (unpaired) electrons. The summed E-state index contributed by atoms with van der Waals surface area (Å²) in [7, 11) is 0. The molecule has 1 aliphatic carbocycles. The largest absolute Gasteiger partial charge is 0.297 e. The van der Waals surface area contributed by atoms with E-state index in [9.17, 15) is 0 Å². The standard InChI is InChI=1S/C19H23N7/c1-13-20-19(23-21-13)15-9-10-25(11-15)12-17-18(14-7-8-14)26(24-22-17)16-5-3-2-4-6-16/h2-6,14-15H,7-12H2,1H3,(H,20,21,23). The number of H-pyrrole nitrogens is 1. The fourth-order valence-electron chi connectivity index (χ4n) is 3.90. The van der Waals surface area contributed by atoms with Crippen molar-refractivity contribution in [2.24, 2.45) is 0 Å². The average molecular weight is 349 g/mol. The molecule has 1 unspecified atom stereocenters. The molecule has 2 fully saturated rings. The van der Waals surface area contributed by atoms with Crippen LogP contribution in [0, 0.1) is 6.92 Å². The summed E-state index contributed by atoms with van der Waals surface area (Å²) < 4.78 is 2.04. The van der Waals surface area contributed by atoms with E-state index in [1.807, 2.05) is 17.7 Å². The molecule has 0 spiro atoms. The first-order chi connectivity index (χ1) is 12.8. The first-order valence-corrected chi connectivity index (χ1v) is 9.39. The summed E-state index contributed by atoms with van der Waals surface area (Å²) in [5.41, 5.74) is 3.53. The maximum Gasteiger partial charge on any atom is 0.155 e. The Labute approximate surface area is 152 Å². The topological polar surface area (TPSA) is 75.5 Å². The van der Waals surface area contributed by atoms with Gasteiger partial charge in [0, 0.05) is 24.9 Å². The number of hydrogen-bond donors (Lipinski definition) is 1. The van der Waals surface area contributed by atoms with Crippen LogP contribution in [0.4, 0.5) is 0 Å². The van der Waals surface area contributed by atoms with Crippen LogP contribution >= 0.6 is 0 Å². The van der Waals surface area contributed by atoms with E-state index < -0.39 is 0 Å². The minimum absolute atomic E-state index is 0.411. The van der Waals surface area contributed by atoms with Gasteiger partial charge in [0.25, 0.3) is 0 Å². The molecule has 1 saturated carbocycles. The highest BCUT2D eigenvalue weighted by atomic mass is 15.4. The molecule has 1 N–H and O–H groups in total. The van der Waals surface area contributed by atoms with E-state index in [0.717, 1.165) is 49.1 Å². The lowest BCUT2D eigenvalue weighted by atomic mass is 10.1. The molecular formula is C19H23N7. The van der Waals surface area contributed by atoms with Gasteiger partial charge in [0.15, 0.2) is 5.82 Å². The van der Waals surface area contributed by atoms with Crippen molar-refractivity contribution in [3.8, 4) is 5.69 Å². The minimum Gasteiger partial charge on any atom is -0.297 e. The number of nitrogens with one attached hydrogen (secondary N) is 1. The molecular weight excluding hydrogens is 326 g/mol. The maximum absolute atomic E-state index is 4.55. The first kappa shape index (κ1) is 15.7. The van der Waals surface area contributed by atoms with E-state index in [1.165, 1.54) is 18.5 Å². The second-order valence-corrected chi connectivity index (χ2v) is 7.44. The number of aromatic amines is 1. The number of nitrogens with zero attached hydrogens (tertiary/aromatic N) is 6. The Morgan fingerprint density at radius 2 is 1.96 bits per heavy atom. The molecule has 0 amide bonds. The normalized spacial score (nSPS) is 20.7. The summed E-state index contributed by atoms with van der Waals surface area (Å²) >= 11 is 0. The quantitative estimate of drug-likeness (QED) is 0.766. The van der Waals surface area contributed by atoms with Gasteiger partial charge in [-0.2, -0.15) is 5.10 Å². The fraction of sp³-hybridized carbons (Fsp3) is 0.474. The Morgan fingerprint density at radius 3 is 2.69 bits per heavy atom. The highest BCUT2D eigenvalue weighted by Crippen LogP contribution is 2.42.